The molecule has 0 atom stereocenters. The normalized spacial score (nSPS) is 15.0. The van der Waals surface area contributed by atoms with Crippen LogP contribution in [0.1, 0.15) is 36.6 Å². The van der Waals surface area contributed by atoms with Crippen molar-refractivity contribution < 1.29 is 0 Å². The predicted molar refractivity (Wildman–Crippen MR) is 105 cm³/mol. The molecule has 1 aliphatic rings. The van der Waals surface area contributed by atoms with Crippen molar-refractivity contribution in [2.75, 3.05) is 18.0 Å². The van der Waals surface area contributed by atoms with Crippen molar-refractivity contribution in [1.82, 2.24) is 9.55 Å². The van der Waals surface area contributed by atoms with Crippen molar-refractivity contribution in [3.63, 3.8) is 0 Å². The summed E-state index contributed by atoms with van der Waals surface area (Å²) in [4.78, 5) is 22.8. The molecule has 0 saturated carbocycles. The van der Waals surface area contributed by atoms with Crippen molar-refractivity contribution in [3.05, 3.63) is 51.1 Å². The number of thiophene rings is 1. The molecule has 0 N–H and O–H groups in total. The van der Waals surface area contributed by atoms with Crippen molar-refractivity contribution in [1.29, 1.82) is 0 Å². The van der Waals surface area contributed by atoms with Crippen LogP contribution < -0.4 is 10.5 Å². The van der Waals surface area contributed by atoms with E-state index in [9.17, 15) is 4.79 Å². The zero-order valence-electron chi connectivity index (χ0n) is 14.8. The highest BCUT2D eigenvalue weighted by molar-refractivity contribution is 7.18. The van der Waals surface area contributed by atoms with Crippen LogP contribution in [0.3, 0.4) is 0 Å². The fourth-order valence-electron chi connectivity index (χ4n) is 3.75. The number of anilines is 1. The van der Waals surface area contributed by atoms with Gasteiger partial charge in [-0.3, -0.25) is 4.79 Å². The first kappa shape index (κ1) is 16.3. The number of aryl methyl sites for hydroxylation is 2. The predicted octanol–water partition coefficient (Wildman–Crippen LogP) is 4.31. The monoisotopic (exact) mass is 353 g/mol. The summed E-state index contributed by atoms with van der Waals surface area (Å²) in [5, 5.41) is 0.801. The van der Waals surface area contributed by atoms with Crippen LogP contribution in [0, 0.1) is 6.92 Å². The molecule has 3 heterocycles. The Kier molecular flexibility index (Phi) is 4.34. The van der Waals surface area contributed by atoms with E-state index in [4.69, 9.17) is 4.98 Å². The van der Waals surface area contributed by atoms with E-state index < -0.39 is 0 Å². The molecule has 3 aromatic rings. The number of aromatic nitrogens is 2. The molecule has 4 rings (SSSR count). The van der Waals surface area contributed by atoms with Crippen molar-refractivity contribution >= 4 is 27.5 Å². The van der Waals surface area contributed by atoms with Gasteiger partial charge in [-0.15, -0.1) is 11.3 Å². The summed E-state index contributed by atoms with van der Waals surface area (Å²) in [6.45, 7) is 6.14. The van der Waals surface area contributed by atoms with Crippen LogP contribution in [0.2, 0.25) is 0 Å². The minimum atomic E-state index is 0.0676. The summed E-state index contributed by atoms with van der Waals surface area (Å²) in [5.41, 5.74) is 2.11. The number of piperidine rings is 1. The molecule has 1 fully saturated rings. The third-order valence-electron chi connectivity index (χ3n) is 5.02. The zero-order valence-corrected chi connectivity index (χ0v) is 15.6. The largest absolute Gasteiger partial charge is 0.342 e. The number of para-hydroxylation sites is 1. The molecule has 0 unspecified atom stereocenters. The molecule has 0 amide bonds. The van der Waals surface area contributed by atoms with E-state index in [1.165, 1.54) is 11.3 Å². The number of hydrogen-bond acceptors (Lipinski definition) is 4. The van der Waals surface area contributed by atoms with Crippen LogP contribution >= 0.6 is 11.3 Å². The Morgan fingerprint density at radius 1 is 1.12 bits per heavy atom. The third-order valence-corrected chi connectivity index (χ3v) is 6.06. The second-order valence-corrected chi connectivity index (χ2v) is 7.81. The summed E-state index contributed by atoms with van der Waals surface area (Å²) < 4.78 is 1.82. The molecule has 25 heavy (non-hydrogen) atoms. The minimum Gasteiger partial charge on any atom is -0.342 e. The number of rotatable bonds is 3. The van der Waals surface area contributed by atoms with Crippen LogP contribution in [0.25, 0.3) is 15.9 Å². The lowest BCUT2D eigenvalue weighted by molar-refractivity contribution is 0.563. The Hall–Kier alpha value is -2.14. The molecule has 0 bridgehead atoms. The van der Waals surface area contributed by atoms with Gasteiger partial charge in [-0.05, 0) is 50.3 Å². The van der Waals surface area contributed by atoms with E-state index in [1.807, 2.05) is 34.9 Å². The summed E-state index contributed by atoms with van der Waals surface area (Å²) >= 11 is 1.65. The molecule has 4 nitrogen and oxygen atoms in total. The summed E-state index contributed by atoms with van der Waals surface area (Å²) in [6, 6.07) is 9.92. The molecule has 0 spiro atoms. The SMILES string of the molecule is CCc1c(C)sc2nc(N3CCCCC3)n(-c3ccccc3)c(=O)c12. The fraction of sp³-hybridized carbons (Fsp3) is 0.400. The van der Waals surface area contributed by atoms with Crippen LogP contribution in [0.4, 0.5) is 5.95 Å². The van der Waals surface area contributed by atoms with Gasteiger partial charge in [0, 0.05) is 18.0 Å². The van der Waals surface area contributed by atoms with Gasteiger partial charge < -0.3 is 4.90 Å². The average Bonchev–Trinajstić information content (AvgIpc) is 2.98. The highest BCUT2D eigenvalue weighted by atomic mass is 32.1. The van der Waals surface area contributed by atoms with Crippen LogP contribution in [-0.4, -0.2) is 22.6 Å². The highest BCUT2D eigenvalue weighted by Crippen LogP contribution is 2.30. The van der Waals surface area contributed by atoms with Gasteiger partial charge >= 0.3 is 0 Å². The van der Waals surface area contributed by atoms with Gasteiger partial charge in [0.1, 0.15) is 4.83 Å². The van der Waals surface area contributed by atoms with E-state index >= 15 is 0 Å². The third kappa shape index (κ3) is 2.76. The second kappa shape index (κ2) is 6.64. The average molecular weight is 353 g/mol. The van der Waals surface area contributed by atoms with Gasteiger partial charge in [-0.1, -0.05) is 25.1 Å². The van der Waals surface area contributed by atoms with Gasteiger partial charge in [0.05, 0.1) is 11.1 Å². The Bertz CT molecular complexity index is 952. The Balaban J connectivity index is 2.04. The first-order valence-corrected chi connectivity index (χ1v) is 9.87. The second-order valence-electron chi connectivity index (χ2n) is 6.61. The molecule has 0 aliphatic carbocycles. The first-order valence-electron chi connectivity index (χ1n) is 9.06. The Morgan fingerprint density at radius 3 is 2.52 bits per heavy atom. The first-order chi connectivity index (χ1) is 12.2. The summed E-state index contributed by atoms with van der Waals surface area (Å²) in [7, 11) is 0. The molecular formula is C20H23N3OS. The van der Waals surface area contributed by atoms with Gasteiger partial charge in [0.25, 0.3) is 5.56 Å². The highest BCUT2D eigenvalue weighted by Gasteiger charge is 2.23. The van der Waals surface area contributed by atoms with Crippen LogP contribution in [0.5, 0.6) is 0 Å². The topological polar surface area (TPSA) is 38.1 Å². The standard InChI is InChI=1S/C20H23N3OS/c1-3-16-14(2)25-18-17(16)19(24)23(15-10-6-4-7-11-15)20(21-18)22-12-8-5-9-13-22/h4,6-7,10-11H,3,5,8-9,12-13H2,1-2H3. The zero-order chi connectivity index (χ0) is 17.4. The molecule has 1 aromatic carbocycles. The number of nitrogens with zero attached hydrogens (tertiary/aromatic N) is 3. The Morgan fingerprint density at radius 2 is 1.84 bits per heavy atom. The fourth-order valence-corrected chi connectivity index (χ4v) is 4.85. The van der Waals surface area contributed by atoms with Crippen molar-refractivity contribution in [2.24, 2.45) is 0 Å². The maximum atomic E-state index is 13.5. The molecule has 1 saturated heterocycles. The van der Waals surface area contributed by atoms with E-state index in [0.29, 0.717) is 0 Å². The molecule has 5 heteroatoms. The van der Waals surface area contributed by atoms with Gasteiger partial charge in [-0.25, -0.2) is 9.55 Å². The summed E-state index contributed by atoms with van der Waals surface area (Å²) in [6.07, 6.45) is 4.44. The lowest BCUT2D eigenvalue weighted by Crippen LogP contribution is -2.36. The molecule has 0 radical (unpaired) electrons. The van der Waals surface area contributed by atoms with Crippen molar-refractivity contribution in [3.8, 4) is 5.69 Å². The van der Waals surface area contributed by atoms with Gasteiger partial charge in [-0.2, -0.15) is 0 Å². The molecule has 1 aliphatic heterocycles. The quantitative estimate of drug-likeness (QED) is 0.704. The maximum Gasteiger partial charge on any atom is 0.268 e. The van der Waals surface area contributed by atoms with E-state index in [1.54, 1.807) is 11.3 Å². The van der Waals surface area contributed by atoms with Crippen molar-refractivity contribution in [2.45, 2.75) is 39.5 Å². The van der Waals surface area contributed by atoms with E-state index in [0.717, 1.165) is 59.8 Å². The van der Waals surface area contributed by atoms with Gasteiger partial charge in [0.2, 0.25) is 5.95 Å². The Labute approximate surface area is 151 Å². The minimum absolute atomic E-state index is 0.0676. The lowest BCUT2D eigenvalue weighted by atomic mass is 10.1. The smallest absolute Gasteiger partial charge is 0.268 e. The number of benzene rings is 1. The maximum absolute atomic E-state index is 13.5. The molecule has 2 aromatic heterocycles. The van der Waals surface area contributed by atoms with Crippen LogP contribution in [-0.2, 0) is 6.42 Å². The van der Waals surface area contributed by atoms with E-state index in [2.05, 4.69) is 18.7 Å². The number of hydrogen-bond donors (Lipinski definition) is 0. The van der Waals surface area contributed by atoms with Crippen LogP contribution in [0.15, 0.2) is 35.1 Å². The molecular weight excluding hydrogens is 330 g/mol. The molecule has 130 valence electrons. The van der Waals surface area contributed by atoms with Gasteiger partial charge in [0.15, 0.2) is 0 Å². The summed E-state index contributed by atoms with van der Waals surface area (Å²) in [5.74, 6) is 0.798. The van der Waals surface area contributed by atoms with E-state index in [-0.39, 0.29) is 5.56 Å². The lowest BCUT2D eigenvalue weighted by Gasteiger charge is -2.29. The number of fused-ring (bicyclic) bond motifs is 1.